The minimum atomic E-state index is 0.0458. The number of nitrogens with one attached hydrogen (secondary N) is 1. The number of anilines is 1. The summed E-state index contributed by atoms with van der Waals surface area (Å²) < 4.78 is 7.60. The van der Waals surface area contributed by atoms with Crippen molar-refractivity contribution < 1.29 is 9.53 Å². The first-order valence-electron chi connectivity index (χ1n) is 9.97. The van der Waals surface area contributed by atoms with Gasteiger partial charge < -0.3 is 9.64 Å². The molecule has 6 nitrogen and oxygen atoms in total. The quantitative estimate of drug-likeness (QED) is 0.897. The van der Waals surface area contributed by atoms with Gasteiger partial charge in [-0.2, -0.15) is 5.10 Å². The zero-order valence-corrected chi connectivity index (χ0v) is 14.9. The predicted molar refractivity (Wildman–Crippen MR) is 94.5 cm³/mol. The molecular formula is C19H28N4O2. The second-order valence-electron chi connectivity index (χ2n) is 8.37. The van der Waals surface area contributed by atoms with Crippen LogP contribution in [0.4, 0.5) is 10.6 Å². The number of hydrogen-bond acceptors (Lipinski definition) is 3. The highest BCUT2D eigenvalue weighted by atomic mass is 16.5. The van der Waals surface area contributed by atoms with Gasteiger partial charge in [0, 0.05) is 49.5 Å². The number of carbonyl (C=O) groups is 1. The van der Waals surface area contributed by atoms with Crippen molar-refractivity contribution >= 4 is 11.8 Å². The first-order valence-corrected chi connectivity index (χ1v) is 9.97. The Balaban J connectivity index is 1.30. The number of carbonyl (C=O) groups excluding carboxylic acids is 1. The molecule has 1 atom stereocenters. The van der Waals surface area contributed by atoms with Crippen molar-refractivity contribution in [2.24, 2.45) is 11.3 Å². The molecule has 1 aromatic rings. The number of aryl methyl sites for hydroxylation is 2. The van der Waals surface area contributed by atoms with Crippen LogP contribution in [0.3, 0.4) is 0 Å². The molecule has 4 heterocycles. The molecule has 2 amide bonds. The maximum atomic E-state index is 12.9. The van der Waals surface area contributed by atoms with Crippen molar-refractivity contribution in [1.29, 1.82) is 0 Å². The summed E-state index contributed by atoms with van der Waals surface area (Å²) in [6.45, 7) is 3.60. The molecule has 1 N–H and O–H groups in total. The van der Waals surface area contributed by atoms with Crippen LogP contribution in [0.25, 0.3) is 0 Å². The van der Waals surface area contributed by atoms with E-state index in [0.717, 1.165) is 51.4 Å². The summed E-state index contributed by atoms with van der Waals surface area (Å²) in [6, 6.07) is 2.51. The zero-order chi connectivity index (χ0) is 16.9. The minimum Gasteiger partial charge on any atom is -0.381 e. The third-order valence-corrected chi connectivity index (χ3v) is 6.92. The molecule has 3 fully saturated rings. The summed E-state index contributed by atoms with van der Waals surface area (Å²) >= 11 is 0. The Morgan fingerprint density at radius 2 is 2.08 bits per heavy atom. The van der Waals surface area contributed by atoms with Gasteiger partial charge in [-0.15, -0.1) is 0 Å². The van der Waals surface area contributed by atoms with E-state index >= 15 is 0 Å². The van der Waals surface area contributed by atoms with Crippen LogP contribution < -0.4 is 5.32 Å². The maximum Gasteiger partial charge on any atom is 0.323 e. The Morgan fingerprint density at radius 3 is 2.80 bits per heavy atom. The first kappa shape index (κ1) is 15.7. The lowest BCUT2D eigenvalue weighted by molar-refractivity contribution is -0.135. The molecule has 1 aliphatic carbocycles. The highest BCUT2D eigenvalue weighted by Crippen LogP contribution is 2.56. The minimum absolute atomic E-state index is 0.0458. The number of aromatic nitrogens is 2. The van der Waals surface area contributed by atoms with E-state index in [4.69, 9.17) is 4.74 Å². The Bertz CT molecular complexity index is 637. The van der Waals surface area contributed by atoms with E-state index in [1.165, 1.54) is 37.8 Å². The largest absolute Gasteiger partial charge is 0.381 e. The van der Waals surface area contributed by atoms with Crippen LogP contribution in [-0.4, -0.2) is 46.5 Å². The Hall–Kier alpha value is -1.56. The van der Waals surface area contributed by atoms with E-state index in [0.29, 0.717) is 17.4 Å². The predicted octanol–water partition coefficient (Wildman–Crippen LogP) is 3.03. The normalized spacial score (nSPS) is 28.2. The molecule has 6 heteroatoms. The lowest BCUT2D eigenvalue weighted by Crippen LogP contribution is -2.72. The van der Waals surface area contributed by atoms with Gasteiger partial charge in [-0.3, -0.25) is 10.00 Å². The molecule has 0 aromatic carbocycles. The summed E-state index contributed by atoms with van der Waals surface area (Å²) in [7, 11) is 0. The number of hydrogen-bond donors (Lipinski definition) is 1. The molecular weight excluding hydrogens is 316 g/mol. The summed E-state index contributed by atoms with van der Waals surface area (Å²) in [6.07, 6.45) is 9.56. The van der Waals surface area contributed by atoms with Crippen molar-refractivity contribution in [3.8, 4) is 0 Å². The average molecular weight is 344 g/mol. The van der Waals surface area contributed by atoms with Crippen molar-refractivity contribution in [1.82, 2.24) is 14.7 Å². The number of amides is 2. The Kier molecular flexibility index (Phi) is 3.77. The average Bonchev–Trinajstić information content (AvgIpc) is 2.95. The lowest BCUT2D eigenvalue weighted by atomic mass is 9.54. The van der Waals surface area contributed by atoms with Gasteiger partial charge in [-0.05, 0) is 50.9 Å². The van der Waals surface area contributed by atoms with Crippen molar-refractivity contribution in [2.45, 2.75) is 64.0 Å². The molecule has 1 aromatic heterocycles. The molecule has 1 spiro atoms. The summed E-state index contributed by atoms with van der Waals surface area (Å²) in [5, 5.41) is 7.66. The highest BCUT2D eigenvalue weighted by Gasteiger charge is 2.59. The van der Waals surface area contributed by atoms with Gasteiger partial charge in [0.1, 0.15) is 0 Å². The van der Waals surface area contributed by atoms with Crippen LogP contribution >= 0.6 is 0 Å². The summed E-state index contributed by atoms with van der Waals surface area (Å²) in [5.74, 6) is 1.32. The topological polar surface area (TPSA) is 59.4 Å². The summed E-state index contributed by atoms with van der Waals surface area (Å²) in [4.78, 5) is 15.0. The molecule has 3 aliphatic heterocycles. The van der Waals surface area contributed by atoms with Crippen molar-refractivity contribution in [3.63, 3.8) is 0 Å². The van der Waals surface area contributed by atoms with Crippen LogP contribution in [0.15, 0.2) is 6.07 Å². The molecule has 0 radical (unpaired) electrons. The van der Waals surface area contributed by atoms with E-state index < -0.39 is 0 Å². The molecule has 0 bridgehead atoms. The molecule has 1 unspecified atom stereocenters. The standard InChI is InChI=1S/C19H28N4O2/c24-18(20-16-12-15-4-1-2-9-23(15)21-16)22-13-19(7-3-8-19)17(22)14-5-10-25-11-6-14/h12,14,17H,1-11,13H2,(H,20,21,24). The van der Waals surface area contributed by atoms with E-state index in [1.54, 1.807) is 0 Å². The van der Waals surface area contributed by atoms with Crippen molar-refractivity contribution in [2.75, 3.05) is 25.1 Å². The Morgan fingerprint density at radius 1 is 1.24 bits per heavy atom. The van der Waals surface area contributed by atoms with Crippen LogP contribution in [0, 0.1) is 11.3 Å². The fraction of sp³-hybridized carbons (Fsp3) is 0.789. The van der Waals surface area contributed by atoms with E-state index in [9.17, 15) is 4.79 Å². The monoisotopic (exact) mass is 344 g/mol. The SMILES string of the molecule is O=C(Nc1cc2n(n1)CCCC2)N1CC2(CCC2)C1C1CCOCC1. The third-order valence-electron chi connectivity index (χ3n) is 6.92. The molecule has 136 valence electrons. The number of ether oxygens (including phenoxy) is 1. The Labute approximate surface area is 148 Å². The molecule has 1 saturated carbocycles. The lowest BCUT2D eigenvalue weighted by Gasteiger charge is -2.64. The van der Waals surface area contributed by atoms with Gasteiger partial charge in [0.25, 0.3) is 0 Å². The van der Waals surface area contributed by atoms with Gasteiger partial charge in [0.15, 0.2) is 5.82 Å². The van der Waals surface area contributed by atoms with E-state index in [2.05, 4.69) is 26.1 Å². The van der Waals surface area contributed by atoms with Gasteiger partial charge >= 0.3 is 6.03 Å². The van der Waals surface area contributed by atoms with Gasteiger partial charge in [0.05, 0.1) is 0 Å². The number of likely N-dealkylation sites (tertiary alicyclic amines) is 1. The first-order chi connectivity index (χ1) is 12.3. The highest BCUT2D eigenvalue weighted by molar-refractivity contribution is 5.89. The van der Waals surface area contributed by atoms with Crippen LogP contribution in [-0.2, 0) is 17.7 Å². The van der Waals surface area contributed by atoms with Crippen LogP contribution in [0.2, 0.25) is 0 Å². The fourth-order valence-corrected chi connectivity index (χ4v) is 5.48. The number of urea groups is 1. The number of fused-ring (bicyclic) bond motifs is 1. The zero-order valence-electron chi connectivity index (χ0n) is 14.9. The summed E-state index contributed by atoms with van der Waals surface area (Å²) in [5.41, 5.74) is 1.66. The van der Waals surface area contributed by atoms with Gasteiger partial charge in [-0.25, -0.2) is 4.79 Å². The number of nitrogens with zero attached hydrogens (tertiary/aromatic N) is 3. The number of rotatable bonds is 2. The smallest absolute Gasteiger partial charge is 0.323 e. The van der Waals surface area contributed by atoms with Gasteiger partial charge in [-0.1, -0.05) is 6.42 Å². The fourth-order valence-electron chi connectivity index (χ4n) is 5.48. The van der Waals surface area contributed by atoms with Crippen molar-refractivity contribution in [3.05, 3.63) is 11.8 Å². The third kappa shape index (κ3) is 2.57. The second-order valence-corrected chi connectivity index (χ2v) is 8.37. The second kappa shape index (κ2) is 6.01. The van der Waals surface area contributed by atoms with Crippen LogP contribution in [0.5, 0.6) is 0 Å². The molecule has 5 rings (SSSR count). The molecule has 4 aliphatic rings. The molecule has 25 heavy (non-hydrogen) atoms. The van der Waals surface area contributed by atoms with E-state index in [1.807, 2.05) is 0 Å². The van der Waals surface area contributed by atoms with Gasteiger partial charge in [0.2, 0.25) is 0 Å². The van der Waals surface area contributed by atoms with E-state index in [-0.39, 0.29) is 6.03 Å². The van der Waals surface area contributed by atoms with Crippen LogP contribution in [0.1, 0.15) is 50.6 Å². The maximum absolute atomic E-state index is 12.9. The molecule has 2 saturated heterocycles.